The van der Waals surface area contributed by atoms with Gasteiger partial charge in [-0.1, -0.05) is 24.3 Å². The predicted molar refractivity (Wildman–Crippen MR) is 97.6 cm³/mol. The molecule has 0 aromatic heterocycles. The lowest BCUT2D eigenvalue weighted by Crippen LogP contribution is -2.38. The Hall–Kier alpha value is -2.76. The van der Waals surface area contributed by atoms with Gasteiger partial charge in [-0.3, -0.25) is 19.2 Å². The van der Waals surface area contributed by atoms with Gasteiger partial charge in [0.25, 0.3) is 0 Å². The number of hydrogen-bond acceptors (Lipinski definition) is 9. The molecule has 0 aromatic rings. The molecule has 0 aliphatic carbocycles. The van der Waals surface area contributed by atoms with Crippen molar-refractivity contribution in [3.05, 3.63) is 24.3 Å². The van der Waals surface area contributed by atoms with Crippen molar-refractivity contribution in [3.8, 4) is 0 Å². The number of carboxylic acid groups (broad SMARTS) is 2. The second kappa shape index (κ2) is 8.77. The average molecular weight is 438 g/mol. The Morgan fingerprint density at radius 2 is 0.968 bits per heavy atom. The van der Waals surface area contributed by atoms with E-state index in [-0.39, 0.29) is 26.4 Å². The highest BCUT2D eigenvalue weighted by Gasteiger charge is 2.55. The molecule has 4 heterocycles. The average Bonchev–Trinajstić information content (AvgIpc) is 3.51. The number of hydrogen-bond donors (Lipinski definition) is 2. The van der Waals surface area contributed by atoms with E-state index in [1.165, 1.54) is 0 Å². The number of aliphatic carboxylic acids is 2. The maximum absolute atomic E-state index is 12.2. The second-order valence-electron chi connectivity index (χ2n) is 7.63. The van der Waals surface area contributed by atoms with Crippen LogP contribution in [0.2, 0.25) is 0 Å². The van der Waals surface area contributed by atoms with E-state index in [4.69, 9.17) is 23.7 Å². The van der Waals surface area contributed by atoms with Crippen LogP contribution in [-0.4, -0.2) is 84.9 Å². The van der Waals surface area contributed by atoms with Crippen LogP contribution in [0.5, 0.6) is 0 Å². The van der Waals surface area contributed by atoms with Gasteiger partial charge in [0.05, 0.1) is 37.6 Å². The monoisotopic (exact) mass is 438 g/mol. The van der Waals surface area contributed by atoms with E-state index in [1.54, 1.807) is 24.3 Å². The van der Waals surface area contributed by atoms with Gasteiger partial charge in [0, 0.05) is 0 Å². The minimum absolute atomic E-state index is 0.0241. The lowest BCUT2D eigenvalue weighted by atomic mass is 9.83. The van der Waals surface area contributed by atoms with E-state index in [2.05, 4.69) is 0 Å². The van der Waals surface area contributed by atoms with Gasteiger partial charge in [-0.15, -0.1) is 0 Å². The molecule has 4 bridgehead atoms. The van der Waals surface area contributed by atoms with E-state index in [1.807, 2.05) is 0 Å². The number of esters is 2. The third-order valence-electron chi connectivity index (χ3n) is 5.86. The van der Waals surface area contributed by atoms with Crippen LogP contribution >= 0.6 is 0 Å². The summed E-state index contributed by atoms with van der Waals surface area (Å²) in [4.78, 5) is 47.2. The van der Waals surface area contributed by atoms with Gasteiger partial charge < -0.3 is 33.9 Å². The van der Waals surface area contributed by atoms with Gasteiger partial charge in [-0.05, 0) is 0 Å². The maximum Gasteiger partial charge on any atom is 0.313 e. The van der Waals surface area contributed by atoms with Crippen molar-refractivity contribution >= 4 is 23.9 Å². The van der Waals surface area contributed by atoms with Crippen LogP contribution in [0.15, 0.2) is 24.3 Å². The molecule has 2 N–H and O–H groups in total. The minimum atomic E-state index is -1.11. The molecule has 0 saturated carbocycles. The van der Waals surface area contributed by atoms with Crippen LogP contribution < -0.4 is 0 Å². The number of rotatable bonds is 10. The highest BCUT2D eigenvalue weighted by Crippen LogP contribution is 2.40. The molecular formula is C20H22O11. The third-order valence-corrected chi connectivity index (χ3v) is 5.86. The lowest BCUT2D eigenvalue weighted by Gasteiger charge is -2.20. The molecule has 4 aliphatic heterocycles. The van der Waals surface area contributed by atoms with E-state index in [0.29, 0.717) is 0 Å². The van der Waals surface area contributed by atoms with Gasteiger partial charge in [-0.2, -0.15) is 0 Å². The first-order valence-corrected chi connectivity index (χ1v) is 9.92. The van der Waals surface area contributed by atoms with Gasteiger partial charge in [-0.25, -0.2) is 0 Å². The van der Waals surface area contributed by atoms with Crippen LogP contribution in [0.1, 0.15) is 0 Å². The molecular weight excluding hydrogens is 416 g/mol. The summed E-state index contributed by atoms with van der Waals surface area (Å²) in [5.41, 5.74) is 0. The van der Waals surface area contributed by atoms with E-state index in [0.717, 1.165) is 0 Å². The molecule has 0 unspecified atom stereocenters. The molecule has 2 fully saturated rings. The van der Waals surface area contributed by atoms with E-state index in [9.17, 15) is 29.4 Å². The van der Waals surface area contributed by atoms with Crippen molar-refractivity contribution in [2.24, 2.45) is 23.7 Å². The SMILES string of the molecule is O=C(OCCOCCOC(=O)[C@@H]1[C@H](C(=O)O)[C@H]2C=C[C@@H]1O2)[C@@H]1[C@H](C(=O)O)[C@H]2C=C[C@@H]1O2. The second-order valence-corrected chi connectivity index (χ2v) is 7.63. The fraction of sp³-hybridized carbons (Fsp3) is 0.600. The van der Waals surface area contributed by atoms with E-state index < -0.39 is 72.0 Å². The van der Waals surface area contributed by atoms with Crippen LogP contribution in [0.25, 0.3) is 0 Å². The topological polar surface area (TPSA) is 155 Å². The maximum atomic E-state index is 12.2. The molecule has 0 radical (unpaired) electrons. The Labute approximate surface area is 176 Å². The molecule has 31 heavy (non-hydrogen) atoms. The summed E-state index contributed by atoms with van der Waals surface area (Å²) in [7, 11) is 0. The molecule has 8 atom stereocenters. The van der Waals surface area contributed by atoms with Crippen molar-refractivity contribution in [2.45, 2.75) is 24.4 Å². The fourth-order valence-electron chi connectivity index (χ4n) is 4.46. The number of carbonyl (C=O) groups excluding carboxylic acids is 2. The Morgan fingerprint density at radius 3 is 1.32 bits per heavy atom. The Balaban J connectivity index is 1.12. The van der Waals surface area contributed by atoms with Crippen molar-refractivity contribution < 1.29 is 53.1 Å². The van der Waals surface area contributed by atoms with Gasteiger partial charge in [0.2, 0.25) is 0 Å². The third kappa shape index (κ3) is 4.08. The summed E-state index contributed by atoms with van der Waals surface area (Å²) in [5, 5.41) is 18.6. The minimum Gasteiger partial charge on any atom is -0.481 e. The first-order valence-electron chi connectivity index (χ1n) is 9.92. The molecule has 0 spiro atoms. The van der Waals surface area contributed by atoms with Gasteiger partial charge in [0.1, 0.15) is 36.9 Å². The smallest absolute Gasteiger partial charge is 0.313 e. The molecule has 11 heteroatoms. The van der Waals surface area contributed by atoms with Gasteiger partial charge in [0.15, 0.2) is 0 Å². The van der Waals surface area contributed by atoms with Crippen LogP contribution in [0.4, 0.5) is 0 Å². The summed E-state index contributed by atoms with van der Waals surface area (Å²) in [5.74, 6) is -7.28. The van der Waals surface area contributed by atoms with E-state index >= 15 is 0 Å². The van der Waals surface area contributed by atoms with Crippen molar-refractivity contribution in [1.29, 1.82) is 0 Å². The Morgan fingerprint density at radius 1 is 0.613 bits per heavy atom. The zero-order valence-corrected chi connectivity index (χ0v) is 16.3. The first kappa shape index (κ1) is 21.5. The summed E-state index contributed by atoms with van der Waals surface area (Å²) >= 11 is 0. The van der Waals surface area contributed by atoms with Crippen LogP contribution in [0, 0.1) is 23.7 Å². The number of fused-ring (bicyclic) bond motifs is 4. The van der Waals surface area contributed by atoms with Crippen molar-refractivity contribution in [2.75, 3.05) is 26.4 Å². The highest BCUT2D eigenvalue weighted by molar-refractivity contribution is 5.84. The predicted octanol–water partition coefficient (Wildman–Crippen LogP) is -0.602. The molecule has 4 aliphatic rings. The number of carbonyl (C=O) groups is 4. The van der Waals surface area contributed by atoms with Crippen molar-refractivity contribution in [3.63, 3.8) is 0 Å². The normalized spacial score (nSPS) is 36.6. The fourth-order valence-corrected chi connectivity index (χ4v) is 4.46. The van der Waals surface area contributed by atoms with Crippen LogP contribution in [-0.2, 0) is 42.9 Å². The molecule has 0 amide bonds. The quantitative estimate of drug-likeness (QED) is 0.255. The Kier molecular flexibility index (Phi) is 6.08. The molecule has 2 saturated heterocycles. The standard InChI is InChI=1S/C20H22O11/c21-17(22)13-9-1-3-11(30-9)15(13)19(25)28-7-5-27-6-8-29-20(26)16-12-4-2-10(31-12)14(16)18(23)24/h1-4,9-16H,5-8H2,(H,21,22)(H,23,24)/t9-,10-,11+,12+,13-,14-,15+,16+/m1/s1. The number of carboxylic acids is 2. The number of ether oxygens (including phenoxy) is 5. The molecule has 11 nitrogen and oxygen atoms in total. The largest absolute Gasteiger partial charge is 0.481 e. The lowest BCUT2D eigenvalue weighted by molar-refractivity contribution is -0.159. The molecule has 0 aromatic carbocycles. The summed E-state index contributed by atoms with van der Waals surface area (Å²) in [6.07, 6.45) is 4.14. The van der Waals surface area contributed by atoms with Crippen LogP contribution in [0.3, 0.4) is 0 Å². The molecule has 168 valence electrons. The summed E-state index contributed by atoms with van der Waals surface area (Å²) in [6, 6.07) is 0. The zero-order valence-electron chi connectivity index (χ0n) is 16.3. The summed E-state index contributed by atoms with van der Waals surface area (Å²) in [6.45, 7) is -0.141. The Bertz CT molecular complexity index is 752. The van der Waals surface area contributed by atoms with Crippen molar-refractivity contribution in [1.82, 2.24) is 0 Å². The summed E-state index contributed by atoms with van der Waals surface area (Å²) < 4.78 is 26.3. The molecule has 4 rings (SSSR count). The zero-order chi connectivity index (χ0) is 22.1. The first-order chi connectivity index (χ1) is 14.9. The van der Waals surface area contributed by atoms with Gasteiger partial charge >= 0.3 is 23.9 Å². The highest BCUT2D eigenvalue weighted by atomic mass is 16.6.